The van der Waals surface area contributed by atoms with Crippen molar-refractivity contribution in [1.82, 2.24) is 14.9 Å². The molecule has 1 aromatic heterocycles. The zero-order valence-corrected chi connectivity index (χ0v) is 7.83. The van der Waals surface area contributed by atoms with Crippen molar-refractivity contribution in [3.8, 4) is 0 Å². The predicted molar refractivity (Wildman–Crippen MR) is 50.0 cm³/mol. The van der Waals surface area contributed by atoms with Crippen LogP contribution in [-0.2, 0) is 6.54 Å². The Labute approximate surface area is 73.8 Å². The molecule has 0 saturated carbocycles. The first-order valence-electron chi connectivity index (χ1n) is 4.49. The molecule has 0 aliphatic rings. The number of aromatic nitrogens is 2. The number of imidazole rings is 1. The minimum Gasteiger partial charge on any atom is -0.336 e. The number of hydrogen-bond donors (Lipinski definition) is 1. The SMILES string of the molecule is CCCC(Cn1ccnc1)NC. The van der Waals surface area contributed by atoms with E-state index >= 15 is 0 Å². The van der Waals surface area contributed by atoms with E-state index in [1.54, 1.807) is 0 Å². The number of nitrogens with one attached hydrogen (secondary N) is 1. The average Bonchev–Trinajstić information content (AvgIpc) is 2.56. The van der Waals surface area contributed by atoms with Crippen molar-refractivity contribution in [3.05, 3.63) is 18.7 Å². The Hall–Kier alpha value is -0.830. The average molecular weight is 167 g/mol. The molecule has 0 saturated heterocycles. The molecule has 0 amide bonds. The molecule has 1 aromatic rings. The Morgan fingerprint density at radius 2 is 2.42 bits per heavy atom. The van der Waals surface area contributed by atoms with Gasteiger partial charge < -0.3 is 9.88 Å². The number of rotatable bonds is 5. The van der Waals surface area contributed by atoms with Crippen LogP contribution in [-0.4, -0.2) is 22.6 Å². The summed E-state index contributed by atoms with van der Waals surface area (Å²) >= 11 is 0. The quantitative estimate of drug-likeness (QED) is 0.715. The molecule has 0 spiro atoms. The van der Waals surface area contributed by atoms with Crippen LogP contribution in [0.2, 0.25) is 0 Å². The molecule has 0 bridgehead atoms. The topological polar surface area (TPSA) is 29.9 Å². The van der Waals surface area contributed by atoms with Gasteiger partial charge in [-0.3, -0.25) is 0 Å². The van der Waals surface area contributed by atoms with E-state index in [0.29, 0.717) is 6.04 Å². The van der Waals surface area contributed by atoms with Crippen LogP contribution in [0.3, 0.4) is 0 Å². The monoisotopic (exact) mass is 167 g/mol. The van der Waals surface area contributed by atoms with Gasteiger partial charge in [-0.1, -0.05) is 13.3 Å². The van der Waals surface area contributed by atoms with Crippen LogP contribution >= 0.6 is 0 Å². The lowest BCUT2D eigenvalue weighted by Crippen LogP contribution is -2.29. The van der Waals surface area contributed by atoms with E-state index in [1.807, 2.05) is 25.8 Å². The molecule has 0 aromatic carbocycles. The first kappa shape index (κ1) is 9.26. The minimum absolute atomic E-state index is 0.573. The molecular weight excluding hydrogens is 150 g/mol. The Bertz CT molecular complexity index is 194. The van der Waals surface area contributed by atoms with Crippen LogP contribution < -0.4 is 5.32 Å². The maximum atomic E-state index is 4.00. The summed E-state index contributed by atoms with van der Waals surface area (Å²) < 4.78 is 2.11. The predicted octanol–water partition coefficient (Wildman–Crippen LogP) is 1.27. The summed E-state index contributed by atoms with van der Waals surface area (Å²) in [4.78, 5) is 4.00. The van der Waals surface area contributed by atoms with Gasteiger partial charge in [-0.05, 0) is 13.5 Å². The lowest BCUT2D eigenvalue weighted by molar-refractivity contribution is 0.449. The van der Waals surface area contributed by atoms with E-state index in [4.69, 9.17) is 0 Å². The van der Waals surface area contributed by atoms with Gasteiger partial charge in [-0.15, -0.1) is 0 Å². The van der Waals surface area contributed by atoms with Crippen LogP contribution in [0.1, 0.15) is 19.8 Å². The Morgan fingerprint density at radius 3 is 2.92 bits per heavy atom. The molecule has 3 heteroatoms. The maximum absolute atomic E-state index is 4.00. The Balaban J connectivity index is 2.37. The van der Waals surface area contributed by atoms with Gasteiger partial charge in [0.05, 0.1) is 6.33 Å². The van der Waals surface area contributed by atoms with E-state index in [-0.39, 0.29) is 0 Å². The van der Waals surface area contributed by atoms with Crippen LogP contribution in [0.15, 0.2) is 18.7 Å². The molecule has 1 rings (SSSR count). The van der Waals surface area contributed by atoms with Crippen LogP contribution in [0, 0.1) is 0 Å². The largest absolute Gasteiger partial charge is 0.336 e. The zero-order valence-electron chi connectivity index (χ0n) is 7.83. The third-order valence-electron chi connectivity index (χ3n) is 2.04. The summed E-state index contributed by atoms with van der Waals surface area (Å²) in [6, 6.07) is 0.573. The van der Waals surface area contributed by atoms with Gasteiger partial charge in [0.1, 0.15) is 0 Å². The number of hydrogen-bond acceptors (Lipinski definition) is 2. The third kappa shape index (κ3) is 2.66. The van der Waals surface area contributed by atoms with E-state index in [0.717, 1.165) is 6.54 Å². The van der Waals surface area contributed by atoms with Crippen molar-refractivity contribution in [3.63, 3.8) is 0 Å². The lowest BCUT2D eigenvalue weighted by atomic mass is 10.2. The highest BCUT2D eigenvalue weighted by atomic mass is 15.1. The smallest absolute Gasteiger partial charge is 0.0946 e. The van der Waals surface area contributed by atoms with Crippen molar-refractivity contribution >= 4 is 0 Å². The maximum Gasteiger partial charge on any atom is 0.0946 e. The highest BCUT2D eigenvalue weighted by molar-refractivity contribution is 4.77. The molecule has 0 radical (unpaired) electrons. The van der Waals surface area contributed by atoms with E-state index in [1.165, 1.54) is 12.8 Å². The van der Waals surface area contributed by atoms with E-state index in [9.17, 15) is 0 Å². The Kier molecular flexibility index (Phi) is 3.80. The third-order valence-corrected chi connectivity index (χ3v) is 2.04. The minimum atomic E-state index is 0.573. The molecule has 3 nitrogen and oxygen atoms in total. The summed E-state index contributed by atoms with van der Waals surface area (Å²) in [5.41, 5.74) is 0. The molecule has 1 N–H and O–H groups in total. The fourth-order valence-electron chi connectivity index (χ4n) is 1.32. The molecule has 1 atom stereocenters. The van der Waals surface area contributed by atoms with Gasteiger partial charge in [0.2, 0.25) is 0 Å². The molecule has 1 unspecified atom stereocenters. The second kappa shape index (κ2) is 4.93. The van der Waals surface area contributed by atoms with Crippen molar-refractivity contribution in [2.45, 2.75) is 32.4 Å². The second-order valence-electron chi connectivity index (χ2n) is 3.03. The van der Waals surface area contributed by atoms with Crippen molar-refractivity contribution in [2.75, 3.05) is 7.05 Å². The summed E-state index contributed by atoms with van der Waals surface area (Å²) in [5.74, 6) is 0. The standard InChI is InChI=1S/C9H17N3/c1-3-4-9(10-2)7-12-6-5-11-8-12/h5-6,8-10H,3-4,7H2,1-2H3. The lowest BCUT2D eigenvalue weighted by Gasteiger charge is -2.15. The van der Waals surface area contributed by atoms with Crippen molar-refractivity contribution < 1.29 is 0 Å². The summed E-state index contributed by atoms with van der Waals surface area (Å²) in [6.45, 7) is 3.22. The molecule has 0 fully saturated rings. The van der Waals surface area contributed by atoms with Crippen LogP contribution in [0.4, 0.5) is 0 Å². The van der Waals surface area contributed by atoms with Gasteiger partial charge in [-0.25, -0.2) is 4.98 Å². The van der Waals surface area contributed by atoms with Crippen LogP contribution in [0.25, 0.3) is 0 Å². The number of likely N-dealkylation sites (N-methyl/N-ethyl adjacent to an activating group) is 1. The highest BCUT2D eigenvalue weighted by Crippen LogP contribution is 1.99. The van der Waals surface area contributed by atoms with Gasteiger partial charge in [-0.2, -0.15) is 0 Å². The zero-order chi connectivity index (χ0) is 8.81. The summed E-state index contributed by atoms with van der Waals surface area (Å²) in [5, 5.41) is 3.29. The highest BCUT2D eigenvalue weighted by Gasteiger charge is 2.03. The van der Waals surface area contributed by atoms with Crippen LogP contribution in [0.5, 0.6) is 0 Å². The molecule has 0 aliphatic carbocycles. The summed E-state index contributed by atoms with van der Waals surface area (Å²) in [7, 11) is 2.01. The van der Waals surface area contributed by atoms with Gasteiger partial charge in [0.15, 0.2) is 0 Å². The molecule has 12 heavy (non-hydrogen) atoms. The first-order valence-corrected chi connectivity index (χ1v) is 4.49. The molecule has 0 aliphatic heterocycles. The van der Waals surface area contributed by atoms with E-state index < -0.39 is 0 Å². The summed E-state index contributed by atoms with van der Waals surface area (Å²) in [6.07, 6.45) is 8.12. The molecular formula is C9H17N3. The van der Waals surface area contributed by atoms with Gasteiger partial charge >= 0.3 is 0 Å². The number of nitrogens with zero attached hydrogens (tertiary/aromatic N) is 2. The second-order valence-corrected chi connectivity index (χ2v) is 3.03. The fraction of sp³-hybridized carbons (Fsp3) is 0.667. The fourth-order valence-corrected chi connectivity index (χ4v) is 1.32. The normalized spacial score (nSPS) is 13.2. The van der Waals surface area contributed by atoms with Gasteiger partial charge in [0, 0.05) is 25.0 Å². The first-order chi connectivity index (χ1) is 5.86. The van der Waals surface area contributed by atoms with E-state index in [2.05, 4.69) is 21.8 Å². The van der Waals surface area contributed by atoms with Crippen molar-refractivity contribution in [1.29, 1.82) is 0 Å². The van der Waals surface area contributed by atoms with Crippen molar-refractivity contribution in [2.24, 2.45) is 0 Å². The molecule has 1 heterocycles. The van der Waals surface area contributed by atoms with Gasteiger partial charge in [0.25, 0.3) is 0 Å². The Morgan fingerprint density at radius 1 is 1.58 bits per heavy atom. The molecule has 68 valence electrons.